The van der Waals surface area contributed by atoms with Crippen LogP contribution in [-0.2, 0) is 42.2 Å². The van der Waals surface area contributed by atoms with Crippen LogP contribution in [-0.4, -0.2) is 69.8 Å². The second-order valence-electron chi connectivity index (χ2n) is 8.76. The zero-order valence-electron chi connectivity index (χ0n) is 21.4. The lowest BCUT2D eigenvalue weighted by atomic mass is 10.1. The first-order valence-electron chi connectivity index (χ1n) is 12.3. The molecule has 0 saturated carbocycles. The summed E-state index contributed by atoms with van der Waals surface area (Å²) in [6, 6.07) is 10.8. The highest BCUT2D eigenvalue weighted by Gasteiger charge is 2.24. The van der Waals surface area contributed by atoms with Gasteiger partial charge in [0.05, 0.1) is 30.0 Å². The summed E-state index contributed by atoms with van der Waals surface area (Å²) in [5.74, 6) is -3.44. The Labute approximate surface area is 221 Å². The van der Waals surface area contributed by atoms with Crippen molar-refractivity contribution in [2.75, 3.05) is 42.8 Å². The van der Waals surface area contributed by atoms with Gasteiger partial charge in [0, 0.05) is 45.2 Å². The SMILES string of the molecule is CCS(=O)(=O)N(Cc1ccc(C(=O)OCCC(=O)OC(C)=O)cc1F)c1cccc(CN2CCNCC2)c1. The van der Waals surface area contributed by atoms with Gasteiger partial charge in [-0.3, -0.25) is 18.8 Å². The van der Waals surface area contributed by atoms with E-state index in [2.05, 4.69) is 15.0 Å². The summed E-state index contributed by atoms with van der Waals surface area (Å²) < 4.78 is 51.4. The molecule has 1 heterocycles. The van der Waals surface area contributed by atoms with Gasteiger partial charge in [0.25, 0.3) is 0 Å². The number of nitrogens with zero attached hydrogens (tertiary/aromatic N) is 2. The van der Waals surface area contributed by atoms with Crippen LogP contribution in [0.15, 0.2) is 42.5 Å². The molecule has 0 amide bonds. The largest absolute Gasteiger partial charge is 0.461 e. The van der Waals surface area contributed by atoms with Gasteiger partial charge in [0.1, 0.15) is 12.4 Å². The molecule has 1 fully saturated rings. The molecule has 1 aliphatic rings. The molecule has 1 N–H and O–H groups in total. The maximum absolute atomic E-state index is 15.0. The third kappa shape index (κ3) is 8.33. The molecule has 2 aromatic carbocycles. The molecule has 0 aliphatic carbocycles. The van der Waals surface area contributed by atoms with Crippen LogP contribution in [0.5, 0.6) is 0 Å². The fourth-order valence-electron chi connectivity index (χ4n) is 3.92. The lowest BCUT2D eigenvalue weighted by Gasteiger charge is -2.28. The van der Waals surface area contributed by atoms with E-state index in [-0.39, 0.29) is 36.5 Å². The van der Waals surface area contributed by atoms with Crippen molar-refractivity contribution in [2.45, 2.75) is 33.4 Å². The number of halogens is 1. The minimum absolute atomic E-state index is 0.0797. The molecule has 0 atom stereocenters. The van der Waals surface area contributed by atoms with E-state index in [1.165, 1.54) is 23.4 Å². The Kier molecular flexibility index (Phi) is 10.3. The molecule has 0 aromatic heterocycles. The van der Waals surface area contributed by atoms with Crippen LogP contribution in [0.25, 0.3) is 0 Å². The molecule has 10 nitrogen and oxygen atoms in total. The van der Waals surface area contributed by atoms with E-state index in [1.807, 2.05) is 6.07 Å². The number of carbonyl (C=O) groups excluding carboxylic acids is 3. The standard InChI is InChI=1S/C26H32FN3O7S/c1-3-38(34,35)30(23-6-4-5-20(15-23)17-29-12-10-28-11-13-29)18-22-8-7-21(16-24(22)27)26(33)36-14-9-25(32)37-19(2)31/h4-8,15-16,28H,3,9-14,17-18H2,1-2H3. The average molecular weight is 550 g/mol. The Morgan fingerprint density at radius 3 is 2.50 bits per heavy atom. The Morgan fingerprint density at radius 1 is 1.11 bits per heavy atom. The highest BCUT2D eigenvalue weighted by molar-refractivity contribution is 7.92. The first-order chi connectivity index (χ1) is 18.1. The molecular weight excluding hydrogens is 517 g/mol. The summed E-state index contributed by atoms with van der Waals surface area (Å²) in [6.45, 7) is 6.24. The van der Waals surface area contributed by atoms with Crippen LogP contribution in [0.3, 0.4) is 0 Å². The minimum Gasteiger partial charge on any atom is -0.461 e. The fourth-order valence-corrected chi connectivity index (χ4v) is 5.00. The van der Waals surface area contributed by atoms with Gasteiger partial charge in [-0.1, -0.05) is 18.2 Å². The number of rotatable bonds is 11. The predicted octanol–water partition coefficient (Wildman–Crippen LogP) is 2.22. The average Bonchev–Trinajstić information content (AvgIpc) is 2.88. The lowest BCUT2D eigenvalue weighted by Crippen LogP contribution is -2.42. The van der Waals surface area contributed by atoms with Gasteiger partial charge in [-0.05, 0) is 36.8 Å². The lowest BCUT2D eigenvalue weighted by molar-refractivity contribution is -0.158. The van der Waals surface area contributed by atoms with Gasteiger partial charge >= 0.3 is 17.9 Å². The van der Waals surface area contributed by atoms with E-state index < -0.39 is 33.7 Å². The topological polar surface area (TPSA) is 122 Å². The molecule has 12 heteroatoms. The Balaban J connectivity index is 1.73. The Morgan fingerprint density at radius 2 is 1.84 bits per heavy atom. The number of esters is 3. The van der Waals surface area contributed by atoms with E-state index in [9.17, 15) is 22.8 Å². The van der Waals surface area contributed by atoms with E-state index in [0.717, 1.165) is 44.7 Å². The van der Waals surface area contributed by atoms with Gasteiger partial charge in [-0.2, -0.15) is 0 Å². The molecule has 0 radical (unpaired) electrons. The Bertz CT molecular complexity index is 1260. The minimum atomic E-state index is -3.75. The van der Waals surface area contributed by atoms with Crippen LogP contribution in [0.1, 0.15) is 41.8 Å². The highest BCUT2D eigenvalue weighted by atomic mass is 32.2. The van der Waals surface area contributed by atoms with E-state index >= 15 is 4.39 Å². The van der Waals surface area contributed by atoms with Gasteiger partial charge < -0.3 is 14.8 Å². The van der Waals surface area contributed by atoms with Crippen molar-refractivity contribution in [3.05, 3.63) is 65.0 Å². The summed E-state index contributed by atoms with van der Waals surface area (Å²) >= 11 is 0. The third-order valence-corrected chi connectivity index (χ3v) is 7.66. The van der Waals surface area contributed by atoms with Crippen molar-refractivity contribution < 1.29 is 36.7 Å². The molecule has 1 aliphatic heterocycles. The summed E-state index contributed by atoms with van der Waals surface area (Å²) in [6.07, 6.45) is -0.330. The van der Waals surface area contributed by atoms with Crippen LogP contribution >= 0.6 is 0 Å². The van der Waals surface area contributed by atoms with Crippen molar-refractivity contribution in [1.82, 2.24) is 10.2 Å². The molecule has 206 valence electrons. The quantitative estimate of drug-likeness (QED) is 0.332. The second kappa shape index (κ2) is 13.4. The smallest absolute Gasteiger partial charge is 0.338 e. The zero-order chi connectivity index (χ0) is 27.7. The summed E-state index contributed by atoms with van der Waals surface area (Å²) in [5.41, 5.74) is 1.36. The number of nitrogens with one attached hydrogen (secondary N) is 1. The fraction of sp³-hybridized carbons (Fsp3) is 0.423. The van der Waals surface area contributed by atoms with E-state index in [0.29, 0.717) is 12.2 Å². The molecule has 2 aromatic rings. The molecule has 3 rings (SSSR count). The number of benzene rings is 2. The highest BCUT2D eigenvalue weighted by Crippen LogP contribution is 2.25. The molecular formula is C26H32FN3O7S. The monoisotopic (exact) mass is 549 g/mol. The van der Waals surface area contributed by atoms with Crippen LogP contribution in [0.2, 0.25) is 0 Å². The number of hydrogen-bond acceptors (Lipinski definition) is 9. The first kappa shape index (κ1) is 29.2. The number of piperazine rings is 1. The van der Waals surface area contributed by atoms with E-state index in [4.69, 9.17) is 4.74 Å². The summed E-state index contributed by atoms with van der Waals surface area (Å²) in [4.78, 5) is 36.6. The number of hydrogen-bond donors (Lipinski definition) is 1. The second-order valence-corrected chi connectivity index (χ2v) is 10.9. The van der Waals surface area contributed by atoms with Crippen LogP contribution in [0, 0.1) is 5.82 Å². The zero-order valence-corrected chi connectivity index (χ0v) is 22.3. The van der Waals surface area contributed by atoms with Gasteiger partial charge in [-0.15, -0.1) is 0 Å². The molecule has 0 spiro atoms. The normalized spacial score (nSPS) is 14.1. The number of carbonyl (C=O) groups is 3. The molecule has 0 bridgehead atoms. The molecule has 1 saturated heterocycles. The van der Waals surface area contributed by atoms with Gasteiger partial charge in [0.15, 0.2) is 0 Å². The molecule has 0 unspecified atom stereocenters. The number of anilines is 1. The number of ether oxygens (including phenoxy) is 2. The first-order valence-corrected chi connectivity index (χ1v) is 13.9. The van der Waals surface area contributed by atoms with Crippen molar-refractivity contribution in [2.24, 2.45) is 0 Å². The van der Waals surface area contributed by atoms with Crippen molar-refractivity contribution in [1.29, 1.82) is 0 Å². The maximum Gasteiger partial charge on any atom is 0.338 e. The maximum atomic E-state index is 15.0. The van der Waals surface area contributed by atoms with Crippen molar-refractivity contribution in [3.8, 4) is 0 Å². The van der Waals surface area contributed by atoms with Crippen molar-refractivity contribution >= 4 is 33.6 Å². The van der Waals surface area contributed by atoms with Crippen LogP contribution in [0.4, 0.5) is 10.1 Å². The number of sulfonamides is 1. The summed E-state index contributed by atoms with van der Waals surface area (Å²) in [5, 5.41) is 3.30. The molecule has 38 heavy (non-hydrogen) atoms. The Hall–Kier alpha value is -3.35. The third-order valence-electron chi connectivity index (χ3n) is 5.91. The van der Waals surface area contributed by atoms with Gasteiger partial charge in [-0.25, -0.2) is 17.6 Å². The predicted molar refractivity (Wildman–Crippen MR) is 138 cm³/mol. The van der Waals surface area contributed by atoms with E-state index in [1.54, 1.807) is 18.2 Å². The van der Waals surface area contributed by atoms with Crippen LogP contribution < -0.4 is 9.62 Å². The van der Waals surface area contributed by atoms with Crippen molar-refractivity contribution in [3.63, 3.8) is 0 Å². The van der Waals surface area contributed by atoms with Gasteiger partial charge in [0.2, 0.25) is 10.0 Å². The summed E-state index contributed by atoms with van der Waals surface area (Å²) in [7, 11) is -3.75.